The van der Waals surface area contributed by atoms with Crippen LogP contribution in [0.15, 0.2) is 58.3 Å². The average Bonchev–Trinajstić information content (AvgIpc) is 3.68. The standard InChI is InChI=1S/C31H32Cl3N3O5/c1-16(2)37(35-17(3)30(38)39)18(4)20-13-31(40,14-20)23-11-10-21(12-26(23)34)41-15-22-28(36-42-29(22)19-8-9-19)27-24(32)6-5-7-25(27)33/h5-7,10-12,16,19-20,40H,4,8-9,13-15H2,1-3H3,(H,38,39)/b35-17+. The Morgan fingerprint density at radius 3 is 2.43 bits per heavy atom. The quantitative estimate of drug-likeness (QED) is 0.163. The number of rotatable bonds is 11. The van der Waals surface area contributed by atoms with Crippen molar-refractivity contribution in [1.82, 2.24) is 10.2 Å². The number of carbonyl (C=O) groups is 1. The second kappa shape index (κ2) is 11.9. The fourth-order valence-corrected chi connectivity index (χ4v) is 6.20. The zero-order chi connectivity index (χ0) is 30.3. The van der Waals surface area contributed by atoms with Crippen LogP contribution < -0.4 is 4.74 Å². The summed E-state index contributed by atoms with van der Waals surface area (Å²) in [5.41, 5.74) is 2.02. The molecule has 11 heteroatoms. The summed E-state index contributed by atoms with van der Waals surface area (Å²) in [7, 11) is 0. The number of hydrogen-bond donors (Lipinski definition) is 2. The first-order valence-corrected chi connectivity index (χ1v) is 14.9. The Bertz CT molecular complexity index is 1540. The first-order valence-electron chi connectivity index (χ1n) is 13.7. The second-order valence-electron chi connectivity index (χ2n) is 11.2. The van der Waals surface area contributed by atoms with Crippen LogP contribution in [0.4, 0.5) is 0 Å². The number of allylic oxidation sites excluding steroid dienone is 1. The van der Waals surface area contributed by atoms with Crippen molar-refractivity contribution in [2.45, 2.75) is 70.6 Å². The maximum absolute atomic E-state index is 11.4. The van der Waals surface area contributed by atoms with Gasteiger partial charge in [0.05, 0.1) is 26.2 Å². The van der Waals surface area contributed by atoms with E-state index in [0.29, 0.717) is 56.2 Å². The Balaban J connectivity index is 1.30. The molecule has 0 unspecified atom stereocenters. The summed E-state index contributed by atoms with van der Waals surface area (Å²) in [6, 6.07) is 10.4. The number of hydrogen-bond acceptors (Lipinski definition) is 7. The number of carboxylic acids is 1. The smallest absolute Gasteiger partial charge is 0.351 e. The Hall–Kier alpha value is -3.04. The van der Waals surface area contributed by atoms with Crippen LogP contribution in [0, 0.1) is 5.92 Å². The van der Waals surface area contributed by atoms with Gasteiger partial charge in [0, 0.05) is 34.7 Å². The van der Waals surface area contributed by atoms with Gasteiger partial charge in [-0.05, 0) is 70.7 Å². The van der Waals surface area contributed by atoms with Gasteiger partial charge in [0.25, 0.3) is 0 Å². The van der Waals surface area contributed by atoms with E-state index >= 15 is 0 Å². The van der Waals surface area contributed by atoms with E-state index in [9.17, 15) is 15.0 Å². The predicted molar refractivity (Wildman–Crippen MR) is 163 cm³/mol. The van der Waals surface area contributed by atoms with Gasteiger partial charge in [0.1, 0.15) is 29.5 Å². The fourth-order valence-electron chi connectivity index (χ4n) is 5.28. The highest BCUT2D eigenvalue weighted by molar-refractivity contribution is 6.39. The molecule has 0 atom stereocenters. The number of hydrazone groups is 1. The van der Waals surface area contributed by atoms with Gasteiger partial charge in [-0.15, -0.1) is 0 Å². The lowest BCUT2D eigenvalue weighted by Gasteiger charge is -2.47. The maximum Gasteiger partial charge on any atom is 0.351 e. The summed E-state index contributed by atoms with van der Waals surface area (Å²) in [5.74, 6) is 0.412. The molecule has 2 aliphatic carbocycles. The topological polar surface area (TPSA) is 108 Å². The summed E-state index contributed by atoms with van der Waals surface area (Å²) >= 11 is 19.6. The molecular weight excluding hydrogens is 601 g/mol. The molecule has 1 heterocycles. The monoisotopic (exact) mass is 631 g/mol. The van der Waals surface area contributed by atoms with Crippen molar-refractivity contribution >= 4 is 46.5 Å². The minimum absolute atomic E-state index is 0.0318. The molecular formula is C31H32Cl3N3O5. The van der Waals surface area contributed by atoms with E-state index in [-0.39, 0.29) is 30.2 Å². The van der Waals surface area contributed by atoms with Crippen LogP contribution in [0.3, 0.4) is 0 Å². The van der Waals surface area contributed by atoms with Crippen LogP contribution in [-0.4, -0.2) is 38.1 Å². The Kier molecular flexibility index (Phi) is 8.63. The number of aromatic nitrogens is 1. The van der Waals surface area contributed by atoms with Crippen molar-refractivity contribution in [3.8, 4) is 17.0 Å². The zero-order valence-electron chi connectivity index (χ0n) is 23.5. The third-order valence-corrected chi connectivity index (χ3v) is 8.72. The van der Waals surface area contributed by atoms with Gasteiger partial charge in [-0.3, -0.25) is 5.01 Å². The van der Waals surface area contributed by atoms with Crippen molar-refractivity contribution in [1.29, 1.82) is 0 Å². The van der Waals surface area contributed by atoms with E-state index < -0.39 is 11.6 Å². The SMILES string of the molecule is C=C(C1CC(O)(c2ccc(OCc3c(-c4c(Cl)cccc4Cl)noc3C3CC3)cc2Cl)C1)N(/N=C(\C)C(=O)O)C(C)C. The number of halogens is 3. The number of aliphatic carboxylic acids is 1. The lowest BCUT2D eigenvalue weighted by atomic mass is 9.66. The van der Waals surface area contributed by atoms with Crippen molar-refractivity contribution < 1.29 is 24.3 Å². The molecule has 0 spiro atoms. The third kappa shape index (κ3) is 6.04. The molecule has 2 aliphatic rings. The van der Waals surface area contributed by atoms with Gasteiger partial charge in [-0.1, -0.05) is 58.7 Å². The van der Waals surface area contributed by atoms with Crippen LogP contribution in [0.5, 0.6) is 5.75 Å². The summed E-state index contributed by atoms with van der Waals surface area (Å²) < 4.78 is 11.9. The van der Waals surface area contributed by atoms with E-state index in [1.165, 1.54) is 6.92 Å². The number of aliphatic hydroxyl groups is 1. The molecule has 3 aromatic rings. The van der Waals surface area contributed by atoms with Gasteiger partial charge in [0.2, 0.25) is 0 Å². The molecule has 1 aromatic heterocycles. The molecule has 2 fully saturated rings. The first kappa shape index (κ1) is 30.4. The van der Waals surface area contributed by atoms with E-state index in [0.717, 1.165) is 24.2 Å². The molecule has 2 N–H and O–H groups in total. The molecule has 0 aliphatic heterocycles. The molecule has 0 saturated heterocycles. The minimum atomic E-state index is -1.15. The van der Waals surface area contributed by atoms with Crippen molar-refractivity contribution in [2.75, 3.05) is 0 Å². The van der Waals surface area contributed by atoms with Crippen molar-refractivity contribution in [3.05, 3.63) is 80.6 Å². The molecule has 0 amide bonds. The summed E-state index contributed by atoms with van der Waals surface area (Å²) in [5, 5.41) is 32.1. The average molecular weight is 633 g/mol. The van der Waals surface area contributed by atoms with Gasteiger partial charge in [-0.2, -0.15) is 5.10 Å². The molecule has 42 heavy (non-hydrogen) atoms. The van der Waals surface area contributed by atoms with E-state index in [1.807, 2.05) is 13.8 Å². The van der Waals surface area contributed by atoms with Gasteiger partial charge in [-0.25, -0.2) is 4.79 Å². The summed E-state index contributed by atoms with van der Waals surface area (Å²) in [4.78, 5) is 11.3. The Morgan fingerprint density at radius 2 is 1.86 bits per heavy atom. The molecule has 5 rings (SSSR count). The van der Waals surface area contributed by atoms with Crippen LogP contribution in [0.25, 0.3) is 11.3 Å². The second-order valence-corrected chi connectivity index (χ2v) is 12.5. The van der Waals surface area contributed by atoms with Gasteiger partial charge < -0.3 is 19.5 Å². The minimum Gasteiger partial charge on any atom is -0.489 e. The molecule has 8 nitrogen and oxygen atoms in total. The van der Waals surface area contributed by atoms with Crippen molar-refractivity contribution in [3.63, 3.8) is 0 Å². The normalized spacial score (nSPS) is 20.4. The number of nitrogens with zero attached hydrogens (tertiary/aromatic N) is 3. The van der Waals surface area contributed by atoms with Crippen molar-refractivity contribution in [2.24, 2.45) is 11.0 Å². The first-order chi connectivity index (χ1) is 19.9. The lowest BCUT2D eigenvalue weighted by molar-refractivity contribution is -0.129. The van der Waals surface area contributed by atoms with E-state index in [2.05, 4.69) is 16.8 Å². The maximum atomic E-state index is 11.4. The number of carboxylic acid groups (broad SMARTS) is 1. The van der Waals surface area contributed by atoms with Crippen LogP contribution in [0.1, 0.15) is 69.3 Å². The predicted octanol–water partition coefficient (Wildman–Crippen LogP) is 8.04. The largest absolute Gasteiger partial charge is 0.489 e. The summed E-state index contributed by atoms with van der Waals surface area (Å²) in [6.07, 6.45) is 2.80. The number of benzene rings is 2. The van der Waals surface area contributed by atoms with Crippen LogP contribution in [-0.2, 0) is 17.0 Å². The molecule has 2 aromatic carbocycles. The van der Waals surface area contributed by atoms with E-state index in [4.69, 9.17) is 44.1 Å². The lowest BCUT2D eigenvalue weighted by Crippen LogP contribution is -2.45. The highest BCUT2D eigenvalue weighted by Crippen LogP contribution is 2.51. The third-order valence-electron chi connectivity index (χ3n) is 7.78. The van der Waals surface area contributed by atoms with E-state index in [1.54, 1.807) is 41.4 Å². The van der Waals surface area contributed by atoms with Gasteiger partial charge in [0.15, 0.2) is 0 Å². The molecule has 0 radical (unpaired) electrons. The Morgan fingerprint density at radius 1 is 1.19 bits per heavy atom. The van der Waals surface area contributed by atoms with Crippen LogP contribution in [0.2, 0.25) is 15.1 Å². The molecule has 222 valence electrons. The highest BCUT2D eigenvalue weighted by atomic mass is 35.5. The highest BCUT2D eigenvalue weighted by Gasteiger charge is 2.47. The number of ether oxygens (including phenoxy) is 1. The van der Waals surface area contributed by atoms with Gasteiger partial charge >= 0.3 is 5.97 Å². The summed E-state index contributed by atoms with van der Waals surface area (Å²) in [6.45, 7) is 9.58. The fraction of sp³-hybridized carbons (Fsp3) is 0.387. The Labute approximate surface area is 259 Å². The molecule has 2 saturated carbocycles. The molecule has 0 bridgehead atoms. The zero-order valence-corrected chi connectivity index (χ0v) is 25.8. The van der Waals surface area contributed by atoms with Crippen LogP contribution >= 0.6 is 34.8 Å².